The van der Waals surface area contributed by atoms with Gasteiger partial charge in [0.05, 0.1) is 23.7 Å². The van der Waals surface area contributed by atoms with Crippen molar-refractivity contribution in [3.8, 4) is 5.75 Å². The molecule has 0 saturated carbocycles. The SMILES string of the molecule is C[Si](C)OC(CCOc1cccc([N+](=O)[O-])c1)C(C)(C)C. The summed E-state index contributed by atoms with van der Waals surface area (Å²) < 4.78 is 11.7. The standard InChI is InChI=1S/C15H24NO4Si/c1-15(2,3)14(20-21(4)5)9-10-19-13-8-6-7-12(11-13)16(17)18/h6-8,11,14H,9-10H2,1-5H3. The number of hydrogen-bond donors (Lipinski definition) is 0. The van der Waals surface area contributed by atoms with Crippen LogP contribution >= 0.6 is 0 Å². The Kier molecular flexibility index (Phi) is 6.35. The van der Waals surface area contributed by atoms with E-state index >= 15 is 0 Å². The largest absolute Gasteiger partial charge is 0.493 e. The quantitative estimate of drug-likeness (QED) is 0.433. The first kappa shape index (κ1) is 17.6. The molecule has 0 bridgehead atoms. The Bertz CT molecular complexity index is 471. The molecule has 0 heterocycles. The van der Waals surface area contributed by atoms with Crippen LogP contribution in [0.5, 0.6) is 5.75 Å². The molecule has 21 heavy (non-hydrogen) atoms. The number of rotatable bonds is 7. The summed E-state index contributed by atoms with van der Waals surface area (Å²) in [4.78, 5) is 10.3. The second-order valence-corrected chi connectivity index (χ2v) is 8.32. The predicted molar refractivity (Wildman–Crippen MR) is 85.0 cm³/mol. The minimum atomic E-state index is -0.772. The van der Waals surface area contributed by atoms with Crippen molar-refractivity contribution in [2.45, 2.75) is 46.4 Å². The number of benzene rings is 1. The van der Waals surface area contributed by atoms with Gasteiger partial charge in [0, 0.05) is 12.5 Å². The maximum Gasteiger partial charge on any atom is 0.273 e. The van der Waals surface area contributed by atoms with Gasteiger partial charge >= 0.3 is 0 Å². The lowest BCUT2D eigenvalue weighted by atomic mass is 9.87. The summed E-state index contributed by atoms with van der Waals surface area (Å²) >= 11 is 0. The van der Waals surface area contributed by atoms with Crippen molar-refractivity contribution in [3.63, 3.8) is 0 Å². The van der Waals surface area contributed by atoms with E-state index in [9.17, 15) is 10.1 Å². The Labute approximate surface area is 128 Å². The van der Waals surface area contributed by atoms with E-state index in [0.29, 0.717) is 12.4 Å². The van der Waals surface area contributed by atoms with Gasteiger partial charge in [-0.05, 0) is 24.6 Å². The number of non-ortho nitro benzene ring substituents is 1. The molecule has 1 atom stereocenters. The zero-order valence-corrected chi connectivity index (χ0v) is 14.4. The molecule has 1 aromatic rings. The van der Waals surface area contributed by atoms with E-state index in [4.69, 9.17) is 9.16 Å². The lowest BCUT2D eigenvalue weighted by Crippen LogP contribution is -2.34. The summed E-state index contributed by atoms with van der Waals surface area (Å²) in [6.07, 6.45) is 0.891. The van der Waals surface area contributed by atoms with E-state index < -0.39 is 14.0 Å². The van der Waals surface area contributed by atoms with Gasteiger partial charge in [-0.1, -0.05) is 26.8 Å². The first-order chi connectivity index (χ1) is 9.70. The van der Waals surface area contributed by atoms with Gasteiger partial charge in [-0.15, -0.1) is 0 Å². The molecule has 0 aromatic heterocycles. The molecular weight excluding hydrogens is 286 g/mol. The van der Waals surface area contributed by atoms with E-state index in [0.717, 1.165) is 6.42 Å². The Hall–Kier alpha value is -1.40. The van der Waals surface area contributed by atoms with Crippen molar-refractivity contribution < 1.29 is 14.1 Å². The topological polar surface area (TPSA) is 61.6 Å². The molecule has 5 nitrogen and oxygen atoms in total. The minimum Gasteiger partial charge on any atom is -0.493 e. The summed E-state index contributed by atoms with van der Waals surface area (Å²) in [6.45, 7) is 11.2. The number of nitrogens with zero attached hydrogens (tertiary/aromatic N) is 1. The molecule has 0 aliphatic carbocycles. The van der Waals surface area contributed by atoms with Gasteiger partial charge in [0.15, 0.2) is 0 Å². The molecule has 0 aliphatic heterocycles. The van der Waals surface area contributed by atoms with Crippen molar-refractivity contribution in [2.24, 2.45) is 5.41 Å². The van der Waals surface area contributed by atoms with Crippen LogP contribution in [0.1, 0.15) is 27.2 Å². The van der Waals surface area contributed by atoms with E-state index in [1.807, 2.05) is 0 Å². The fraction of sp³-hybridized carbons (Fsp3) is 0.600. The van der Waals surface area contributed by atoms with Crippen LogP contribution in [0, 0.1) is 15.5 Å². The number of nitro benzene ring substituents is 1. The normalized spacial score (nSPS) is 13.2. The summed E-state index contributed by atoms with van der Waals surface area (Å²) in [5.74, 6) is 0.524. The first-order valence-corrected chi connectivity index (χ1v) is 9.45. The molecule has 0 spiro atoms. The average molecular weight is 310 g/mol. The van der Waals surface area contributed by atoms with Crippen LogP contribution in [-0.4, -0.2) is 26.7 Å². The summed E-state index contributed by atoms with van der Waals surface area (Å²) in [5, 5.41) is 10.7. The van der Waals surface area contributed by atoms with Crippen molar-refractivity contribution in [2.75, 3.05) is 6.61 Å². The highest BCUT2D eigenvalue weighted by atomic mass is 28.3. The van der Waals surface area contributed by atoms with Gasteiger partial charge in [0.2, 0.25) is 9.04 Å². The highest BCUT2D eigenvalue weighted by molar-refractivity contribution is 6.48. The Morgan fingerprint density at radius 2 is 2.00 bits per heavy atom. The molecule has 0 aliphatic rings. The molecule has 117 valence electrons. The van der Waals surface area contributed by atoms with E-state index in [2.05, 4.69) is 33.9 Å². The molecule has 1 rings (SSSR count). The average Bonchev–Trinajstić information content (AvgIpc) is 2.36. The van der Waals surface area contributed by atoms with E-state index in [-0.39, 0.29) is 17.2 Å². The molecule has 1 aromatic carbocycles. The lowest BCUT2D eigenvalue weighted by molar-refractivity contribution is -0.384. The van der Waals surface area contributed by atoms with Crippen LogP contribution < -0.4 is 4.74 Å². The fourth-order valence-electron chi connectivity index (χ4n) is 1.92. The highest BCUT2D eigenvalue weighted by Gasteiger charge is 2.26. The molecule has 6 heteroatoms. The summed E-state index contributed by atoms with van der Waals surface area (Å²) in [6, 6.07) is 6.26. The van der Waals surface area contributed by atoms with Crippen LogP contribution in [0.3, 0.4) is 0 Å². The second-order valence-electron chi connectivity index (χ2n) is 6.27. The van der Waals surface area contributed by atoms with Gasteiger partial charge in [-0.2, -0.15) is 0 Å². The van der Waals surface area contributed by atoms with Crippen molar-refractivity contribution in [3.05, 3.63) is 34.4 Å². The summed E-state index contributed by atoms with van der Waals surface area (Å²) in [7, 11) is -0.772. The maximum atomic E-state index is 10.7. The van der Waals surface area contributed by atoms with Crippen LogP contribution in [0.15, 0.2) is 24.3 Å². The molecule has 0 N–H and O–H groups in total. The van der Waals surface area contributed by atoms with Crippen LogP contribution in [-0.2, 0) is 4.43 Å². The van der Waals surface area contributed by atoms with Crippen LogP contribution in [0.4, 0.5) is 5.69 Å². The third kappa shape index (κ3) is 6.26. The molecule has 0 saturated heterocycles. The maximum absolute atomic E-state index is 10.7. The number of hydrogen-bond acceptors (Lipinski definition) is 4. The monoisotopic (exact) mass is 310 g/mol. The number of nitro groups is 1. The summed E-state index contributed by atoms with van der Waals surface area (Å²) in [5.41, 5.74) is 0.0947. The molecule has 1 unspecified atom stereocenters. The Morgan fingerprint density at radius 3 is 2.52 bits per heavy atom. The van der Waals surface area contributed by atoms with Crippen molar-refractivity contribution >= 4 is 14.7 Å². The molecule has 1 radical (unpaired) electrons. The van der Waals surface area contributed by atoms with Gasteiger partial charge in [-0.25, -0.2) is 0 Å². The third-order valence-corrected chi connectivity index (χ3v) is 3.78. The third-order valence-electron chi connectivity index (χ3n) is 3.02. The van der Waals surface area contributed by atoms with Gasteiger partial charge in [0.25, 0.3) is 5.69 Å². The predicted octanol–water partition coefficient (Wildman–Crippen LogP) is 4.05. The van der Waals surface area contributed by atoms with Crippen molar-refractivity contribution in [1.29, 1.82) is 0 Å². The van der Waals surface area contributed by atoms with E-state index in [1.54, 1.807) is 12.1 Å². The van der Waals surface area contributed by atoms with Crippen LogP contribution in [0.2, 0.25) is 13.1 Å². The lowest BCUT2D eigenvalue weighted by Gasteiger charge is -2.32. The van der Waals surface area contributed by atoms with Crippen molar-refractivity contribution in [1.82, 2.24) is 0 Å². The Balaban J connectivity index is 2.58. The highest BCUT2D eigenvalue weighted by Crippen LogP contribution is 2.26. The van der Waals surface area contributed by atoms with Gasteiger partial charge < -0.3 is 9.16 Å². The number of ether oxygens (including phenoxy) is 1. The molecular formula is C15H24NO4Si. The molecule has 0 fully saturated rings. The zero-order valence-electron chi connectivity index (χ0n) is 13.4. The first-order valence-electron chi connectivity index (χ1n) is 7.04. The fourth-order valence-corrected chi connectivity index (χ4v) is 2.96. The minimum absolute atomic E-state index is 0.0451. The smallest absolute Gasteiger partial charge is 0.273 e. The van der Waals surface area contributed by atoms with Crippen LogP contribution in [0.25, 0.3) is 0 Å². The Morgan fingerprint density at radius 1 is 1.33 bits per heavy atom. The second kappa shape index (κ2) is 7.56. The van der Waals surface area contributed by atoms with Gasteiger partial charge in [-0.3, -0.25) is 10.1 Å². The van der Waals surface area contributed by atoms with Gasteiger partial charge in [0.1, 0.15) is 5.75 Å². The molecule has 0 amide bonds. The zero-order chi connectivity index (χ0) is 16.0. The van der Waals surface area contributed by atoms with E-state index in [1.165, 1.54) is 12.1 Å².